The monoisotopic (exact) mass is 268 g/mol. The van der Waals surface area contributed by atoms with Gasteiger partial charge in [0.25, 0.3) is 5.56 Å². The Morgan fingerprint density at radius 2 is 2.21 bits per heavy atom. The minimum Gasteiger partial charge on any atom is -0.393 e. The third-order valence-corrected chi connectivity index (χ3v) is 3.69. The molecule has 19 heavy (non-hydrogen) atoms. The maximum absolute atomic E-state index is 11.7. The Kier molecular flexibility index (Phi) is 3.94. The van der Waals surface area contributed by atoms with E-state index in [2.05, 4.69) is 10.3 Å². The van der Waals surface area contributed by atoms with E-state index in [0.717, 1.165) is 25.7 Å². The molecule has 1 heterocycles. The van der Waals surface area contributed by atoms with Crippen LogP contribution in [0.15, 0.2) is 9.59 Å². The van der Waals surface area contributed by atoms with Crippen molar-refractivity contribution in [3.63, 3.8) is 0 Å². The lowest BCUT2D eigenvalue weighted by Crippen LogP contribution is -2.34. The van der Waals surface area contributed by atoms with E-state index in [0.29, 0.717) is 12.5 Å². The van der Waals surface area contributed by atoms with E-state index in [-0.39, 0.29) is 17.6 Å². The first kappa shape index (κ1) is 13.7. The molecule has 0 saturated heterocycles. The van der Waals surface area contributed by atoms with Crippen LogP contribution in [-0.4, -0.2) is 27.3 Å². The summed E-state index contributed by atoms with van der Waals surface area (Å²) in [4.78, 5) is 25.2. The molecular weight excluding hydrogens is 248 g/mol. The van der Waals surface area contributed by atoms with Crippen molar-refractivity contribution in [3.05, 3.63) is 20.8 Å². The average Bonchev–Trinajstić information content (AvgIpc) is 2.36. The Labute approximate surface area is 110 Å². The van der Waals surface area contributed by atoms with Crippen molar-refractivity contribution in [2.75, 3.05) is 17.6 Å². The predicted octanol–water partition coefficient (Wildman–Crippen LogP) is -0.381. The highest BCUT2D eigenvalue weighted by Gasteiger charge is 2.20. The largest absolute Gasteiger partial charge is 0.393 e. The first-order chi connectivity index (χ1) is 8.99. The van der Waals surface area contributed by atoms with Gasteiger partial charge in [0.05, 0.1) is 6.10 Å². The molecule has 1 fully saturated rings. The number of anilines is 2. The number of aliphatic hydroxyl groups excluding tert-OH is 1. The van der Waals surface area contributed by atoms with Crippen LogP contribution in [0.5, 0.6) is 0 Å². The van der Waals surface area contributed by atoms with Crippen LogP contribution in [0, 0.1) is 5.92 Å². The van der Waals surface area contributed by atoms with Gasteiger partial charge in [0.1, 0.15) is 11.5 Å². The van der Waals surface area contributed by atoms with Gasteiger partial charge in [0.15, 0.2) is 0 Å². The number of nitrogens with zero attached hydrogens (tertiary/aromatic N) is 1. The molecule has 0 spiro atoms. The lowest BCUT2D eigenvalue weighted by Gasteiger charge is -2.26. The fraction of sp³-hybridized carbons (Fsp3) is 0.667. The van der Waals surface area contributed by atoms with Gasteiger partial charge in [0.2, 0.25) is 0 Å². The van der Waals surface area contributed by atoms with Crippen molar-refractivity contribution in [2.24, 2.45) is 13.0 Å². The normalized spacial score (nSPS) is 23.3. The zero-order chi connectivity index (χ0) is 14.0. The lowest BCUT2D eigenvalue weighted by molar-refractivity contribution is 0.105. The molecule has 1 aromatic rings. The van der Waals surface area contributed by atoms with Crippen LogP contribution >= 0.6 is 0 Å². The molecule has 7 nitrogen and oxygen atoms in total. The van der Waals surface area contributed by atoms with Crippen molar-refractivity contribution in [3.8, 4) is 0 Å². The van der Waals surface area contributed by atoms with Crippen LogP contribution in [0.1, 0.15) is 25.7 Å². The van der Waals surface area contributed by atoms with Crippen LogP contribution in [0.3, 0.4) is 0 Å². The van der Waals surface area contributed by atoms with Gasteiger partial charge in [0, 0.05) is 13.6 Å². The number of nitrogen functional groups attached to an aromatic ring is 1. The van der Waals surface area contributed by atoms with Crippen molar-refractivity contribution in [1.82, 2.24) is 9.55 Å². The second kappa shape index (κ2) is 5.48. The molecular formula is C12H20N4O3. The molecule has 1 saturated carbocycles. The van der Waals surface area contributed by atoms with Crippen LogP contribution in [0.2, 0.25) is 0 Å². The highest BCUT2D eigenvalue weighted by Crippen LogP contribution is 2.24. The summed E-state index contributed by atoms with van der Waals surface area (Å²) >= 11 is 0. The number of aromatic amines is 1. The Morgan fingerprint density at radius 3 is 2.89 bits per heavy atom. The predicted molar refractivity (Wildman–Crippen MR) is 73.2 cm³/mol. The van der Waals surface area contributed by atoms with Gasteiger partial charge < -0.3 is 16.2 Å². The summed E-state index contributed by atoms with van der Waals surface area (Å²) in [5.74, 6) is 0.449. The standard InChI is InChI=1S/C12H20N4O3/c1-16-10(13)9(11(18)15-12(16)19)14-6-7-3-2-4-8(17)5-7/h7-8,14,17H,2-6,13H2,1H3,(H,15,18,19). The summed E-state index contributed by atoms with van der Waals surface area (Å²) < 4.78 is 1.19. The number of hydrogen-bond donors (Lipinski definition) is 4. The Hall–Kier alpha value is -1.76. The number of hydrogen-bond acceptors (Lipinski definition) is 5. The topological polar surface area (TPSA) is 113 Å². The number of aromatic nitrogens is 2. The Morgan fingerprint density at radius 1 is 1.47 bits per heavy atom. The maximum atomic E-state index is 11.7. The molecule has 0 aromatic carbocycles. The molecule has 7 heteroatoms. The molecule has 2 unspecified atom stereocenters. The van der Waals surface area contributed by atoms with Gasteiger partial charge in [-0.2, -0.15) is 0 Å². The van der Waals surface area contributed by atoms with Crippen molar-refractivity contribution in [1.29, 1.82) is 0 Å². The van der Waals surface area contributed by atoms with E-state index in [1.807, 2.05) is 0 Å². The zero-order valence-corrected chi connectivity index (χ0v) is 11.0. The summed E-state index contributed by atoms with van der Waals surface area (Å²) in [6.45, 7) is 0.572. The molecule has 1 aromatic heterocycles. The Bertz CT molecular complexity index is 563. The van der Waals surface area contributed by atoms with E-state index in [9.17, 15) is 14.7 Å². The van der Waals surface area contributed by atoms with Gasteiger partial charge in [-0.1, -0.05) is 6.42 Å². The summed E-state index contributed by atoms with van der Waals surface area (Å²) in [6, 6.07) is 0. The number of H-pyrrole nitrogens is 1. The SMILES string of the molecule is Cn1c(N)c(NCC2CCCC(O)C2)c(=O)[nH]c1=O. The van der Waals surface area contributed by atoms with Gasteiger partial charge in [-0.05, 0) is 25.2 Å². The van der Waals surface area contributed by atoms with Crippen molar-refractivity contribution < 1.29 is 5.11 Å². The second-order valence-corrected chi connectivity index (χ2v) is 5.15. The first-order valence-corrected chi connectivity index (χ1v) is 6.49. The fourth-order valence-corrected chi connectivity index (χ4v) is 2.50. The van der Waals surface area contributed by atoms with Gasteiger partial charge >= 0.3 is 5.69 Å². The van der Waals surface area contributed by atoms with Crippen LogP contribution < -0.4 is 22.3 Å². The van der Waals surface area contributed by atoms with Crippen molar-refractivity contribution in [2.45, 2.75) is 31.8 Å². The molecule has 0 aliphatic heterocycles. The fourth-order valence-electron chi connectivity index (χ4n) is 2.50. The molecule has 1 aliphatic carbocycles. The molecule has 0 bridgehead atoms. The minimum atomic E-state index is -0.527. The van der Waals surface area contributed by atoms with E-state index in [1.54, 1.807) is 0 Å². The number of nitrogens with two attached hydrogens (primary N) is 1. The minimum absolute atomic E-state index is 0.130. The number of rotatable bonds is 3. The van der Waals surface area contributed by atoms with Crippen LogP contribution in [-0.2, 0) is 7.05 Å². The summed E-state index contributed by atoms with van der Waals surface area (Å²) in [5.41, 5.74) is 4.95. The van der Waals surface area contributed by atoms with Crippen LogP contribution in [0.25, 0.3) is 0 Å². The first-order valence-electron chi connectivity index (χ1n) is 6.49. The highest BCUT2D eigenvalue weighted by atomic mass is 16.3. The van der Waals surface area contributed by atoms with Gasteiger partial charge in [-0.15, -0.1) is 0 Å². The van der Waals surface area contributed by atoms with Crippen molar-refractivity contribution >= 4 is 11.5 Å². The van der Waals surface area contributed by atoms with Gasteiger partial charge in [-0.3, -0.25) is 14.3 Å². The van der Waals surface area contributed by atoms with E-state index in [4.69, 9.17) is 5.73 Å². The summed E-state index contributed by atoms with van der Waals surface area (Å²) in [6.07, 6.45) is 3.34. The molecule has 106 valence electrons. The highest BCUT2D eigenvalue weighted by molar-refractivity contribution is 5.60. The second-order valence-electron chi connectivity index (χ2n) is 5.15. The quantitative estimate of drug-likeness (QED) is 0.597. The molecule has 5 N–H and O–H groups in total. The third kappa shape index (κ3) is 2.98. The number of nitrogens with one attached hydrogen (secondary N) is 2. The molecule has 2 rings (SSSR count). The third-order valence-electron chi connectivity index (χ3n) is 3.69. The maximum Gasteiger partial charge on any atom is 0.329 e. The summed E-state index contributed by atoms with van der Waals surface area (Å²) in [7, 11) is 1.50. The van der Waals surface area contributed by atoms with Gasteiger partial charge in [-0.25, -0.2) is 4.79 Å². The molecule has 1 aliphatic rings. The smallest absolute Gasteiger partial charge is 0.329 e. The molecule has 2 atom stereocenters. The molecule has 0 radical (unpaired) electrons. The zero-order valence-electron chi connectivity index (χ0n) is 11.0. The molecule has 0 amide bonds. The number of aliphatic hydroxyl groups is 1. The summed E-state index contributed by atoms with van der Waals surface area (Å²) in [5, 5.41) is 12.6. The lowest BCUT2D eigenvalue weighted by atomic mass is 9.87. The van der Waals surface area contributed by atoms with E-state index in [1.165, 1.54) is 11.6 Å². The van der Waals surface area contributed by atoms with Crippen LogP contribution in [0.4, 0.5) is 11.5 Å². The average molecular weight is 268 g/mol. The Balaban J connectivity index is 2.10. The van der Waals surface area contributed by atoms with E-state index < -0.39 is 11.2 Å². The van der Waals surface area contributed by atoms with E-state index >= 15 is 0 Å².